The third-order valence-corrected chi connectivity index (χ3v) is 6.96. The molecule has 2 aromatic carbocycles. The molecule has 0 aliphatic carbocycles. The number of benzene rings is 2. The van der Waals surface area contributed by atoms with Crippen LogP contribution in [0.3, 0.4) is 0 Å². The molecule has 0 amide bonds. The van der Waals surface area contributed by atoms with Gasteiger partial charge in [-0.05, 0) is 41.8 Å². The van der Waals surface area contributed by atoms with Crippen molar-refractivity contribution in [3.8, 4) is 11.8 Å². The second-order valence-corrected chi connectivity index (χ2v) is 10.4. The molecule has 1 aliphatic heterocycles. The van der Waals surface area contributed by atoms with Crippen LogP contribution in [0, 0.1) is 17.3 Å². The number of nitrogens with zero attached hydrogens (tertiary/aromatic N) is 2. The SMILES string of the molecule is CC(C)(C=CS(=O)(=O)N1CCN(c2ccc(C(F)(F)F)cc2)CC1)CC#Cc1ccccc1. The summed E-state index contributed by atoms with van der Waals surface area (Å²) in [5.41, 5.74) is 0.440. The number of halogens is 3. The van der Waals surface area contributed by atoms with E-state index in [-0.39, 0.29) is 13.1 Å². The minimum Gasteiger partial charge on any atom is -0.369 e. The second kappa shape index (κ2) is 10.0. The van der Waals surface area contributed by atoms with Crippen molar-refractivity contribution in [1.82, 2.24) is 4.31 Å². The summed E-state index contributed by atoms with van der Waals surface area (Å²) in [5, 5.41) is 1.24. The Labute approximate surface area is 193 Å². The smallest absolute Gasteiger partial charge is 0.369 e. The van der Waals surface area contributed by atoms with E-state index < -0.39 is 27.2 Å². The molecule has 1 fully saturated rings. The Balaban J connectivity index is 1.57. The fraction of sp³-hybridized carbons (Fsp3) is 0.360. The van der Waals surface area contributed by atoms with E-state index in [0.29, 0.717) is 25.2 Å². The van der Waals surface area contributed by atoms with Gasteiger partial charge in [-0.3, -0.25) is 0 Å². The summed E-state index contributed by atoms with van der Waals surface area (Å²) < 4.78 is 65.2. The van der Waals surface area contributed by atoms with Gasteiger partial charge in [0.15, 0.2) is 0 Å². The highest BCUT2D eigenvalue weighted by atomic mass is 32.2. The van der Waals surface area contributed by atoms with E-state index in [1.165, 1.54) is 21.8 Å². The summed E-state index contributed by atoms with van der Waals surface area (Å²) in [6, 6.07) is 14.5. The molecule has 0 atom stereocenters. The minimum atomic E-state index is -4.38. The molecular formula is C25H27F3N2O2S. The third kappa shape index (κ3) is 7.11. The van der Waals surface area contributed by atoms with Gasteiger partial charge in [-0.15, -0.1) is 0 Å². The summed E-state index contributed by atoms with van der Waals surface area (Å²) in [6.45, 7) is 5.21. The van der Waals surface area contributed by atoms with Gasteiger partial charge in [0, 0.05) is 49.3 Å². The topological polar surface area (TPSA) is 40.6 Å². The van der Waals surface area contributed by atoms with Gasteiger partial charge in [0.2, 0.25) is 10.0 Å². The molecule has 0 radical (unpaired) electrons. The van der Waals surface area contributed by atoms with Crippen LogP contribution in [0.4, 0.5) is 18.9 Å². The van der Waals surface area contributed by atoms with Crippen molar-refractivity contribution in [1.29, 1.82) is 0 Å². The Morgan fingerprint density at radius 3 is 2.12 bits per heavy atom. The summed E-state index contributed by atoms with van der Waals surface area (Å²) >= 11 is 0. The molecule has 0 aromatic heterocycles. The van der Waals surface area contributed by atoms with Crippen molar-refractivity contribution in [2.45, 2.75) is 26.4 Å². The summed E-state index contributed by atoms with van der Waals surface area (Å²) in [5.74, 6) is 6.19. The molecule has 0 N–H and O–H groups in total. The van der Waals surface area contributed by atoms with Crippen LogP contribution in [0.15, 0.2) is 66.1 Å². The second-order valence-electron chi connectivity index (χ2n) is 8.61. The first-order valence-corrected chi connectivity index (χ1v) is 12.1. The van der Waals surface area contributed by atoms with Gasteiger partial charge in [-0.1, -0.05) is 50.0 Å². The maximum atomic E-state index is 12.8. The molecule has 0 bridgehead atoms. The van der Waals surface area contributed by atoms with Crippen LogP contribution in [0.5, 0.6) is 0 Å². The van der Waals surface area contributed by atoms with Gasteiger partial charge in [0.05, 0.1) is 5.56 Å². The Kier molecular flexibility index (Phi) is 7.55. The zero-order chi connectivity index (χ0) is 24.1. The maximum absolute atomic E-state index is 12.8. The van der Waals surface area contributed by atoms with Crippen LogP contribution in [0.2, 0.25) is 0 Å². The Hall–Kier alpha value is -2.76. The molecule has 176 valence electrons. The maximum Gasteiger partial charge on any atom is 0.416 e. The van der Waals surface area contributed by atoms with E-state index in [1.54, 1.807) is 6.08 Å². The molecule has 2 aromatic rings. The van der Waals surface area contributed by atoms with Crippen LogP contribution in [0.25, 0.3) is 0 Å². The normalized spacial score (nSPS) is 16.0. The van der Waals surface area contributed by atoms with Gasteiger partial charge in [-0.2, -0.15) is 17.5 Å². The molecular weight excluding hydrogens is 449 g/mol. The number of alkyl halides is 3. The number of rotatable bonds is 5. The minimum absolute atomic E-state index is 0.266. The lowest BCUT2D eigenvalue weighted by molar-refractivity contribution is -0.137. The number of hydrogen-bond acceptors (Lipinski definition) is 3. The predicted molar refractivity (Wildman–Crippen MR) is 125 cm³/mol. The molecule has 0 unspecified atom stereocenters. The highest BCUT2D eigenvalue weighted by molar-refractivity contribution is 7.92. The van der Waals surface area contributed by atoms with Gasteiger partial charge >= 0.3 is 6.18 Å². The quantitative estimate of drug-likeness (QED) is 0.561. The van der Waals surface area contributed by atoms with Crippen molar-refractivity contribution in [3.63, 3.8) is 0 Å². The molecule has 0 spiro atoms. The third-order valence-electron chi connectivity index (χ3n) is 5.40. The van der Waals surface area contributed by atoms with Crippen molar-refractivity contribution >= 4 is 15.7 Å². The van der Waals surface area contributed by atoms with Crippen LogP contribution >= 0.6 is 0 Å². The van der Waals surface area contributed by atoms with E-state index in [9.17, 15) is 21.6 Å². The van der Waals surface area contributed by atoms with E-state index in [1.807, 2.05) is 49.1 Å². The van der Waals surface area contributed by atoms with Crippen molar-refractivity contribution < 1.29 is 21.6 Å². The molecule has 1 saturated heterocycles. The molecule has 1 aliphatic rings. The van der Waals surface area contributed by atoms with Crippen LogP contribution in [-0.2, 0) is 16.2 Å². The van der Waals surface area contributed by atoms with E-state index in [4.69, 9.17) is 0 Å². The van der Waals surface area contributed by atoms with Crippen LogP contribution in [-0.4, -0.2) is 38.9 Å². The Bertz CT molecular complexity index is 1120. The monoisotopic (exact) mass is 476 g/mol. The van der Waals surface area contributed by atoms with Crippen LogP contribution < -0.4 is 4.90 Å². The fourth-order valence-corrected chi connectivity index (χ4v) is 4.76. The largest absolute Gasteiger partial charge is 0.416 e. The number of allylic oxidation sites excluding steroid dienone is 1. The standard InChI is InChI=1S/C25H27F3N2O2S/c1-24(2,14-6-9-21-7-4-3-5-8-21)15-20-33(31,32)30-18-16-29(17-19-30)23-12-10-22(11-13-23)25(26,27)28/h3-5,7-8,10-13,15,20H,14,16-19H2,1-2H3. The zero-order valence-electron chi connectivity index (χ0n) is 18.6. The average Bonchev–Trinajstić information content (AvgIpc) is 2.78. The lowest BCUT2D eigenvalue weighted by Crippen LogP contribution is -2.48. The highest BCUT2D eigenvalue weighted by Crippen LogP contribution is 2.31. The van der Waals surface area contributed by atoms with Crippen molar-refractivity contribution in [2.24, 2.45) is 5.41 Å². The molecule has 8 heteroatoms. The molecule has 4 nitrogen and oxygen atoms in total. The number of anilines is 1. The number of hydrogen-bond donors (Lipinski definition) is 0. The Morgan fingerprint density at radius 1 is 0.939 bits per heavy atom. The van der Waals surface area contributed by atoms with Gasteiger partial charge in [0.25, 0.3) is 0 Å². The first-order chi connectivity index (χ1) is 15.5. The molecule has 1 heterocycles. The first-order valence-electron chi connectivity index (χ1n) is 10.6. The predicted octanol–water partition coefficient (Wildman–Crippen LogP) is 5.14. The fourth-order valence-electron chi connectivity index (χ4n) is 3.37. The van der Waals surface area contributed by atoms with E-state index in [2.05, 4.69) is 11.8 Å². The van der Waals surface area contributed by atoms with Gasteiger partial charge in [0.1, 0.15) is 0 Å². The van der Waals surface area contributed by atoms with Gasteiger partial charge < -0.3 is 4.90 Å². The summed E-state index contributed by atoms with van der Waals surface area (Å²) in [4.78, 5) is 1.89. The van der Waals surface area contributed by atoms with Crippen molar-refractivity contribution in [2.75, 3.05) is 31.1 Å². The summed E-state index contributed by atoms with van der Waals surface area (Å²) in [7, 11) is -3.60. The van der Waals surface area contributed by atoms with Crippen LogP contribution in [0.1, 0.15) is 31.4 Å². The van der Waals surface area contributed by atoms with E-state index >= 15 is 0 Å². The zero-order valence-corrected chi connectivity index (χ0v) is 19.5. The Morgan fingerprint density at radius 2 is 1.55 bits per heavy atom. The van der Waals surface area contributed by atoms with E-state index in [0.717, 1.165) is 17.7 Å². The van der Waals surface area contributed by atoms with Crippen molar-refractivity contribution in [3.05, 3.63) is 77.2 Å². The molecule has 3 rings (SSSR count). The highest BCUT2D eigenvalue weighted by Gasteiger charge is 2.31. The lowest BCUT2D eigenvalue weighted by atomic mass is 9.90. The summed E-state index contributed by atoms with van der Waals surface area (Å²) in [6.07, 6.45) is -2.20. The first kappa shape index (κ1) is 24.9. The average molecular weight is 477 g/mol. The number of piperazine rings is 1. The lowest BCUT2D eigenvalue weighted by Gasteiger charge is -2.35. The molecule has 33 heavy (non-hydrogen) atoms. The molecule has 0 saturated carbocycles. The number of sulfonamides is 1. The van der Waals surface area contributed by atoms with Gasteiger partial charge in [-0.25, -0.2) is 8.42 Å².